The molecule has 1 fully saturated rings. The molecule has 2 amide bonds. The summed E-state index contributed by atoms with van der Waals surface area (Å²) >= 11 is 0. The fourth-order valence-corrected chi connectivity index (χ4v) is 4.97. The van der Waals surface area contributed by atoms with Gasteiger partial charge in [-0.15, -0.1) is 0 Å². The van der Waals surface area contributed by atoms with Gasteiger partial charge in [0.1, 0.15) is 18.3 Å². The number of aliphatic hydroxyl groups is 1. The Kier molecular flexibility index (Phi) is 11.1. The van der Waals surface area contributed by atoms with Crippen LogP contribution in [0.3, 0.4) is 0 Å². The smallest absolute Gasteiger partial charge is 0.417 e. The van der Waals surface area contributed by atoms with E-state index in [2.05, 4.69) is 6.07 Å². The van der Waals surface area contributed by atoms with Crippen molar-refractivity contribution in [1.82, 2.24) is 4.90 Å². The van der Waals surface area contributed by atoms with Gasteiger partial charge in [-0.3, -0.25) is 9.59 Å². The van der Waals surface area contributed by atoms with Crippen molar-refractivity contribution in [3.8, 4) is 11.1 Å². The zero-order chi connectivity index (χ0) is 27.7. The highest BCUT2D eigenvalue weighted by atomic mass is 16.6. The lowest BCUT2D eigenvalue weighted by atomic mass is 9.97. The lowest BCUT2D eigenvalue weighted by Gasteiger charge is -2.24. The monoisotopic (exact) mass is 525 g/mol. The molecule has 0 radical (unpaired) electrons. The predicted octanol–water partition coefficient (Wildman–Crippen LogP) is 6.73. The van der Waals surface area contributed by atoms with Crippen molar-refractivity contribution < 1.29 is 28.6 Å². The molecule has 0 spiro atoms. The average molecular weight is 526 g/mol. The third-order valence-electron chi connectivity index (χ3n) is 7.37. The first kappa shape index (κ1) is 29.6. The molecule has 1 N–H and O–H groups in total. The molecule has 1 aliphatic rings. The highest BCUT2D eigenvalue weighted by Crippen LogP contribution is 2.31. The number of amides is 2. The number of unbranched alkanes of at least 4 members (excludes halogenated alkanes) is 7. The number of carbonyl (C=O) groups excluding carboxylic acids is 3. The van der Waals surface area contributed by atoms with Gasteiger partial charge in [-0.1, -0.05) is 82.2 Å². The first-order valence-electron chi connectivity index (χ1n) is 14.1. The van der Waals surface area contributed by atoms with Crippen molar-refractivity contribution in [1.29, 1.82) is 0 Å². The van der Waals surface area contributed by atoms with E-state index in [-0.39, 0.29) is 30.9 Å². The van der Waals surface area contributed by atoms with E-state index in [1.165, 1.54) is 19.8 Å². The Morgan fingerprint density at radius 1 is 1.00 bits per heavy atom. The molecule has 0 aliphatic carbocycles. The molecule has 1 saturated heterocycles. The van der Waals surface area contributed by atoms with Gasteiger partial charge in [-0.05, 0) is 44.2 Å². The first-order chi connectivity index (χ1) is 18.2. The summed E-state index contributed by atoms with van der Waals surface area (Å²) in [6.45, 7) is 7.81. The van der Waals surface area contributed by atoms with Gasteiger partial charge in [0, 0.05) is 18.6 Å². The summed E-state index contributed by atoms with van der Waals surface area (Å²) in [5.41, 5.74) is 2.97. The fourth-order valence-electron chi connectivity index (χ4n) is 4.97. The number of aryl methyl sites for hydroxylation is 2. The molecule has 7 nitrogen and oxygen atoms in total. The van der Waals surface area contributed by atoms with Crippen LogP contribution in [-0.2, 0) is 16.0 Å². The fraction of sp³-hybridized carbons (Fsp3) is 0.581. The predicted molar refractivity (Wildman–Crippen MR) is 147 cm³/mol. The van der Waals surface area contributed by atoms with Gasteiger partial charge in [0.25, 0.3) is 0 Å². The van der Waals surface area contributed by atoms with Crippen LogP contribution in [0.4, 0.5) is 4.79 Å². The van der Waals surface area contributed by atoms with Gasteiger partial charge in [0.2, 0.25) is 11.7 Å². The molecule has 0 saturated carbocycles. The maximum Gasteiger partial charge on any atom is 0.417 e. The number of carbonyl (C=O) groups is 3. The van der Waals surface area contributed by atoms with E-state index in [9.17, 15) is 14.4 Å². The molecule has 2 aromatic rings. The van der Waals surface area contributed by atoms with E-state index in [4.69, 9.17) is 14.3 Å². The molecule has 7 heteroatoms. The Labute approximate surface area is 226 Å². The van der Waals surface area contributed by atoms with E-state index in [0.717, 1.165) is 65.9 Å². The van der Waals surface area contributed by atoms with Crippen LogP contribution in [0.25, 0.3) is 11.1 Å². The van der Waals surface area contributed by atoms with Crippen LogP contribution in [0.1, 0.15) is 94.0 Å². The lowest BCUT2D eigenvalue weighted by Crippen LogP contribution is -2.45. The summed E-state index contributed by atoms with van der Waals surface area (Å²) < 4.78 is 11.2. The average Bonchev–Trinajstić information content (AvgIpc) is 3.50. The third kappa shape index (κ3) is 7.56. The van der Waals surface area contributed by atoms with Gasteiger partial charge in [0.15, 0.2) is 5.76 Å². The van der Waals surface area contributed by atoms with E-state index in [1.807, 2.05) is 39.0 Å². The molecule has 1 aliphatic heterocycles. The van der Waals surface area contributed by atoms with Crippen LogP contribution in [-0.4, -0.2) is 47.0 Å². The Morgan fingerprint density at radius 2 is 1.66 bits per heavy atom. The Hall–Kier alpha value is -2.93. The van der Waals surface area contributed by atoms with E-state index < -0.39 is 23.7 Å². The van der Waals surface area contributed by atoms with Gasteiger partial charge < -0.3 is 14.3 Å². The number of Topliss-reactive ketones (excluding diaryl/α,β-unsaturated/α-hetero) is 1. The zero-order valence-electron chi connectivity index (χ0n) is 23.3. The molecule has 2 heterocycles. The minimum Gasteiger partial charge on any atom is -0.457 e. The van der Waals surface area contributed by atoms with Crippen LogP contribution in [0.2, 0.25) is 0 Å². The van der Waals surface area contributed by atoms with Crippen molar-refractivity contribution >= 4 is 17.8 Å². The summed E-state index contributed by atoms with van der Waals surface area (Å²) in [6.07, 6.45) is 8.64. The van der Waals surface area contributed by atoms with Crippen molar-refractivity contribution in [2.45, 2.75) is 91.5 Å². The topological polar surface area (TPSA) is 97.1 Å². The number of hydrogen-bond acceptors (Lipinski definition) is 6. The standard InChI is InChI=1S/C31H43NO6/c1-21(2)26-20-37-31(36)32(26)30(35)23(4)29(34)28-19-25(24-15-13-14-22(3)18-24)27(38-28)16-11-9-7-5-6-8-10-12-17-33/h13-15,18-19,21,23,26,33H,5-12,16-17,20H2,1-4H3/t23-,26+/m1/s1. The first-order valence-corrected chi connectivity index (χ1v) is 14.1. The van der Waals surface area contributed by atoms with E-state index >= 15 is 0 Å². The number of imide groups is 1. The molecule has 0 unspecified atom stereocenters. The third-order valence-corrected chi connectivity index (χ3v) is 7.37. The normalized spacial score (nSPS) is 16.2. The number of aliphatic hydroxyl groups excluding tert-OH is 1. The van der Waals surface area contributed by atoms with Crippen molar-refractivity contribution in [2.75, 3.05) is 13.2 Å². The molecule has 2 atom stereocenters. The van der Waals surface area contributed by atoms with Crippen molar-refractivity contribution in [2.24, 2.45) is 11.8 Å². The largest absolute Gasteiger partial charge is 0.457 e. The van der Waals surface area contributed by atoms with E-state index in [0.29, 0.717) is 6.42 Å². The number of hydrogen-bond donors (Lipinski definition) is 1. The molecule has 1 aromatic heterocycles. The summed E-state index contributed by atoms with van der Waals surface area (Å²) in [4.78, 5) is 40.0. The SMILES string of the molecule is Cc1cccc(-c2cc(C(=O)[C@@H](C)C(=O)N3C(=O)OC[C@H]3C(C)C)oc2CCCCCCCCCCO)c1. The van der Waals surface area contributed by atoms with Gasteiger partial charge in [-0.25, -0.2) is 9.69 Å². The minimum absolute atomic E-state index is 0.0244. The molecule has 208 valence electrons. The van der Waals surface area contributed by atoms with Gasteiger partial charge in [-0.2, -0.15) is 0 Å². The maximum atomic E-state index is 13.4. The van der Waals surface area contributed by atoms with Crippen LogP contribution < -0.4 is 0 Å². The van der Waals surface area contributed by atoms with Crippen LogP contribution in [0, 0.1) is 18.8 Å². The van der Waals surface area contributed by atoms with Crippen molar-refractivity contribution in [3.63, 3.8) is 0 Å². The number of benzene rings is 1. The molecular formula is C31H43NO6. The second-order valence-electron chi connectivity index (χ2n) is 10.8. The number of cyclic esters (lactones) is 1. The van der Waals surface area contributed by atoms with E-state index in [1.54, 1.807) is 6.07 Å². The molecule has 0 bridgehead atoms. The lowest BCUT2D eigenvalue weighted by molar-refractivity contribution is -0.132. The Morgan fingerprint density at radius 3 is 2.29 bits per heavy atom. The Bertz CT molecular complexity index is 1090. The summed E-state index contributed by atoms with van der Waals surface area (Å²) in [5, 5.41) is 8.88. The highest BCUT2D eigenvalue weighted by Gasteiger charge is 2.43. The van der Waals surface area contributed by atoms with Crippen LogP contribution >= 0.6 is 0 Å². The highest BCUT2D eigenvalue weighted by molar-refractivity contribution is 6.12. The van der Waals surface area contributed by atoms with Gasteiger partial charge in [0.05, 0.1) is 6.04 Å². The molecule has 3 rings (SSSR count). The molecule has 1 aromatic carbocycles. The quantitative estimate of drug-likeness (QED) is 0.157. The second kappa shape index (κ2) is 14.3. The number of furan rings is 1. The second-order valence-corrected chi connectivity index (χ2v) is 10.8. The summed E-state index contributed by atoms with van der Waals surface area (Å²) in [5.74, 6) is -1.11. The van der Waals surface area contributed by atoms with Crippen LogP contribution in [0.15, 0.2) is 34.7 Å². The molecular weight excluding hydrogens is 482 g/mol. The zero-order valence-corrected chi connectivity index (χ0v) is 23.3. The van der Waals surface area contributed by atoms with Crippen LogP contribution in [0.5, 0.6) is 0 Å². The number of rotatable bonds is 15. The Balaban J connectivity index is 1.71. The number of ether oxygens (including phenoxy) is 1. The van der Waals surface area contributed by atoms with Crippen molar-refractivity contribution in [3.05, 3.63) is 47.4 Å². The summed E-state index contributed by atoms with van der Waals surface area (Å²) in [7, 11) is 0. The molecule has 38 heavy (non-hydrogen) atoms. The maximum absolute atomic E-state index is 13.4. The minimum atomic E-state index is -1.06. The number of nitrogens with zero attached hydrogens (tertiary/aromatic N) is 1. The summed E-state index contributed by atoms with van der Waals surface area (Å²) in [6, 6.07) is 9.45. The van der Waals surface area contributed by atoms with Gasteiger partial charge >= 0.3 is 6.09 Å². The number of ketones is 1.